The van der Waals surface area contributed by atoms with E-state index in [-0.39, 0.29) is 0 Å². The molecule has 2 nitrogen and oxygen atoms in total. The zero-order chi connectivity index (χ0) is 9.26. The molecular formula is C10H8ClNO. The van der Waals surface area contributed by atoms with Gasteiger partial charge in [-0.05, 0) is 19.1 Å². The van der Waals surface area contributed by atoms with E-state index >= 15 is 0 Å². The molecule has 0 N–H and O–H groups in total. The van der Waals surface area contributed by atoms with Gasteiger partial charge in [-0.25, -0.2) is 0 Å². The van der Waals surface area contributed by atoms with Crippen molar-refractivity contribution < 1.29 is 4.52 Å². The molecule has 0 aliphatic heterocycles. The van der Waals surface area contributed by atoms with Gasteiger partial charge < -0.3 is 4.52 Å². The van der Waals surface area contributed by atoms with Gasteiger partial charge in [0.05, 0.1) is 0 Å². The first kappa shape index (κ1) is 8.32. The van der Waals surface area contributed by atoms with E-state index in [4.69, 9.17) is 16.1 Å². The molecule has 1 aromatic carbocycles. The van der Waals surface area contributed by atoms with Crippen LogP contribution in [0.4, 0.5) is 0 Å². The number of hydrogen-bond acceptors (Lipinski definition) is 2. The zero-order valence-corrected chi connectivity index (χ0v) is 7.88. The summed E-state index contributed by atoms with van der Waals surface area (Å²) in [6.07, 6.45) is 0. The molecule has 0 saturated heterocycles. The third kappa shape index (κ3) is 1.73. The molecular weight excluding hydrogens is 186 g/mol. The molecule has 2 aromatic rings. The van der Waals surface area contributed by atoms with Crippen LogP contribution in [0.1, 0.15) is 5.76 Å². The molecule has 0 fully saturated rings. The van der Waals surface area contributed by atoms with Crippen LogP contribution in [0.2, 0.25) is 5.02 Å². The lowest BCUT2D eigenvalue weighted by Crippen LogP contribution is -1.75. The minimum Gasteiger partial charge on any atom is -0.361 e. The number of benzene rings is 1. The van der Waals surface area contributed by atoms with Crippen LogP contribution < -0.4 is 0 Å². The highest BCUT2D eigenvalue weighted by Gasteiger charge is 2.02. The van der Waals surface area contributed by atoms with Crippen LogP contribution in [0, 0.1) is 6.92 Å². The lowest BCUT2D eigenvalue weighted by atomic mass is 10.1. The average molecular weight is 194 g/mol. The Morgan fingerprint density at radius 3 is 2.77 bits per heavy atom. The summed E-state index contributed by atoms with van der Waals surface area (Å²) in [5, 5.41) is 4.60. The molecule has 3 heteroatoms. The minimum absolute atomic E-state index is 0.707. The topological polar surface area (TPSA) is 26.0 Å². The van der Waals surface area contributed by atoms with Crippen LogP contribution in [-0.2, 0) is 0 Å². The summed E-state index contributed by atoms with van der Waals surface area (Å²) in [4.78, 5) is 0. The number of rotatable bonds is 1. The van der Waals surface area contributed by atoms with E-state index in [0.29, 0.717) is 5.02 Å². The summed E-state index contributed by atoms with van der Waals surface area (Å²) in [6, 6.07) is 9.41. The molecule has 13 heavy (non-hydrogen) atoms. The lowest BCUT2D eigenvalue weighted by molar-refractivity contribution is 0.399. The smallest absolute Gasteiger partial charge is 0.134 e. The predicted molar refractivity (Wildman–Crippen MR) is 51.7 cm³/mol. The van der Waals surface area contributed by atoms with Crippen molar-refractivity contribution in [3.8, 4) is 11.3 Å². The first-order valence-electron chi connectivity index (χ1n) is 3.95. The second-order valence-electron chi connectivity index (χ2n) is 2.83. The Bertz CT molecular complexity index is 422. The fraction of sp³-hybridized carbons (Fsp3) is 0.100. The van der Waals surface area contributed by atoms with Gasteiger partial charge in [0.1, 0.15) is 11.5 Å². The molecule has 0 spiro atoms. The average Bonchev–Trinajstić information content (AvgIpc) is 2.52. The molecule has 1 heterocycles. The van der Waals surface area contributed by atoms with E-state index in [9.17, 15) is 0 Å². The fourth-order valence-electron chi connectivity index (χ4n) is 1.15. The summed E-state index contributed by atoms with van der Waals surface area (Å²) in [6.45, 7) is 1.86. The van der Waals surface area contributed by atoms with E-state index in [1.807, 2.05) is 37.3 Å². The van der Waals surface area contributed by atoms with Crippen LogP contribution in [0.3, 0.4) is 0 Å². The number of aromatic nitrogens is 1. The van der Waals surface area contributed by atoms with E-state index < -0.39 is 0 Å². The van der Waals surface area contributed by atoms with Gasteiger partial charge in [0, 0.05) is 16.7 Å². The van der Waals surface area contributed by atoms with Crippen molar-refractivity contribution in [2.24, 2.45) is 0 Å². The molecule has 2 rings (SSSR count). The largest absolute Gasteiger partial charge is 0.361 e. The summed E-state index contributed by atoms with van der Waals surface area (Å²) in [5.74, 6) is 0.801. The molecule has 0 aliphatic rings. The van der Waals surface area contributed by atoms with Crippen LogP contribution in [0.5, 0.6) is 0 Å². The second kappa shape index (κ2) is 3.23. The van der Waals surface area contributed by atoms with Gasteiger partial charge >= 0.3 is 0 Å². The van der Waals surface area contributed by atoms with Crippen molar-refractivity contribution in [1.82, 2.24) is 5.16 Å². The third-order valence-electron chi connectivity index (χ3n) is 1.75. The number of hydrogen-bond donors (Lipinski definition) is 0. The Labute approximate surface area is 81.1 Å². The highest BCUT2D eigenvalue weighted by molar-refractivity contribution is 6.30. The Morgan fingerprint density at radius 2 is 2.15 bits per heavy atom. The highest BCUT2D eigenvalue weighted by atomic mass is 35.5. The molecule has 0 saturated carbocycles. The number of nitrogens with zero attached hydrogens (tertiary/aromatic N) is 1. The Hall–Kier alpha value is -1.28. The summed E-state index contributed by atoms with van der Waals surface area (Å²) < 4.78 is 4.97. The Kier molecular flexibility index (Phi) is 2.07. The molecule has 1 aromatic heterocycles. The van der Waals surface area contributed by atoms with Gasteiger partial charge in [-0.3, -0.25) is 0 Å². The maximum atomic E-state index is 5.84. The SMILES string of the molecule is Cc1cc(-c2cccc(Cl)c2)no1. The maximum absolute atomic E-state index is 5.84. The van der Waals surface area contributed by atoms with Crippen molar-refractivity contribution in [3.63, 3.8) is 0 Å². The highest BCUT2D eigenvalue weighted by Crippen LogP contribution is 2.21. The van der Waals surface area contributed by atoms with E-state index in [0.717, 1.165) is 17.0 Å². The van der Waals surface area contributed by atoms with E-state index in [2.05, 4.69) is 5.16 Å². The van der Waals surface area contributed by atoms with Gasteiger partial charge in [-0.15, -0.1) is 0 Å². The van der Waals surface area contributed by atoms with Crippen LogP contribution >= 0.6 is 11.6 Å². The summed E-state index contributed by atoms with van der Waals surface area (Å²) in [5.41, 5.74) is 1.80. The van der Waals surface area contributed by atoms with Crippen molar-refractivity contribution in [2.75, 3.05) is 0 Å². The van der Waals surface area contributed by atoms with Gasteiger partial charge in [-0.2, -0.15) is 0 Å². The van der Waals surface area contributed by atoms with E-state index in [1.165, 1.54) is 0 Å². The quantitative estimate of drug-likeness (QED) is 0.695. The molecule has 66 valence electrons. The minimum atomic E-state index is 0.707. The molecule has 0 aliphatic carbocycles. The zero-order valence-electron chi connectivity index (χ0n) is 7.12. The third-order valence-corrected chi connectivity index (χ3v) is 1.98. The Morgan fingerprint density at radius 1 is 1.31 bits per heavy atom. The molecule has 0 unspecified atom stereocenters. The molecule has 0 atom stereocenters. The first-order valence-corrected chi connectivity index (χ1v) is 4.33. The normalized spacial score (nSPS) is 10.3. The summed E-state index contributed by atoms with van der Waals surface area (Å²) in [7, 11) is 0. The summed E-state index contributed by atoms with van der Waals surface area (Å²) >= 11 is 5.84. The van der Waals surface area contributed by atoms with Crippen molar-refractivity contribution in [2.45, 2.75) is 6.92 Å². The van der Waals surface area contributed by atoms with Gasteiger partial charge in [0.25, 0.3) is 0 Å². The molecule has 0 radical (unpaired) electrons. The lowest BCUT2D eigenvalue weighted by Gasteiger charge is -1.94. The number of halogens is 1. The van der Waals surface area contributed by atoms with Crippen molar-refractivity contribution in [3.05, 3.63) is 41.1 Å². The second-order valence-corrected chi connectivity index (χ2v) is 3.27. The monoisotopic (exact) mass is 193 g/mol. The van der Waals surface area contributed by atoms with Crippen LogP contribution in [0.15, 0.2) is 34.9 Å². The fourth-order valence-corrected chi connectivity index (χ4v) is 1.34. The van der Waals surface area contributed by atoms with Crippen molar-refractivity contribution in [1.29, 1.82) is 0 Å². The van der Waals surface area contributed by atoms with E-state index in [1.54, 1.807) is 0 Å². The van der Waals surface area contributed by atoms with Crippen LogP contribution in [-0.4, -0.2) is 5.16 Å². The molecule has 0 bridgehead atoms. The first-order chi connectivity index (χ1) is 6.25. The van der Waals surface area contributed by atoms with Gasteiger partial charge in [0.15, 0.2) is 0 Å². The van der Waals surface area contributed by atoms with Gasteiger partial charge in [-0.1, -0.05) is 28.9 Å². The predicted octanol–water partition coefficient (Wildman–Crippen LogP) is 3.30. The maximum Gasteiger partial charge on any atom is 0.134 e. The van der Waals surface area contributed by atoms with Gasteiger partial charge in [0.2, 0.25) is 0 Å². The van der Waals surface area contributed by atoms with Crippen molar-refractivity contribution >= 4 is 11.6 Å². The van der Waals surface area contributed by atoms with Crippen LogP contribution in [0.25, 0.3) is 11.3 Å². The molecule has 0 amide bonds. The Balaban J connectivity index is 2.46. The standard InChI is InChI=1S/C10H8ClNO/c1-7-5-10(12-13-7)8-3-2-4-9(11)6-8/h2-6H,1H3. The number of aryl methyl sites for hydroxylation is 1.